The lowest BCUT2D eigenvalue weighted by Crippen LogP contribution is -2.47. The molecule has 2 aliphatic carbocycles. The normalized spacial score (nSPS) is 21.7. The quantitative estimate of drug-likeness (QED) is 0.426. The lowest BCUT2D eigenvalue weighted by Gasteiger charge is -2.37. The van der Waals surface area contributed by atoms with E-state index in [1.165, 1.54) is 6.20 Å². The molecule has 38 heavy (non-hydrogen) atoms. The molecule has 9 nitrogen and oxygen atoms in total. The topological polar surface area (TPSA) is 116 Å². The van der Waals surface area contributed by atoms with Crippen molar-refractivity contribution in [3.8, 4) is 11.3 Å². The van der Waals surface area contributed by atoms with Crippen molar-refractivity contribution in [2.75, 3.05) is 11.4 Å². The molecule has 0 bridgehead atoms. The molecule has 1 aliphatic heterocycles. The molecular weight excluding hydrogens is 501 g/mol. The number of imidazole rings is 1. The van der Waals surface area contributed by atoms with Gasteiger partial charge in [-0.25, -0.2) is 14.3 Å². The van der Waals surface area contributed by atoms with Crippen LogP contribution >= 0.6 is 0 Å². The third kappa shape index (κ3) is 3.35. The van der Waals surface area contributed by atoms with Crippen LogP contribution in [0.5, 0.6) is 0 Å². The molecule has 0 saturated heterocycles. The number of nitrogens with one attached hydrogen (secondary N) is 2. The number of carbonyl (C=O) groups excluding carboxylic acids is 1. The summed E-state index contributed by atoms with van der Waals surface area (Å²) in [6, 6.07) is 7.27. The maximum atomic E-state index is 13.4. The largest absolute Gasteiger partial charge is 0.406 e. The number of nitrogens with zero attached hydrogens (tertiary/aromatic N) is 4. The summed E-state index contributed by atoms with van der Waals surface area (Å²) in [6.45, 7) is -1.30. The molecule has 4 heterocycles. The average Bonchev–Trinajstić information content (AvgIpc) is 3.41. The third-order valence-electron chi connectivity index (χ3n) is 8.13. The number of halogens is 3. The minimum atomic E-state index is -4.50. The Labute approximate surface area is 212 Å². The highest BCUT2D eigenvalue weighted by molar-refractivity contribution is 6.09. The van der Waals surface area contributed by atoms with E-state index in [-0.39, 0.29) is 17.4 Å². The van der Waals surface area contributed by atoms with Gasteiger partial charge in [-0.15, -0.1) is 0 Å². The molecule has 12 heteroatoms. The molecule has 2 atom stereocenters. The van der Waals surface area contributed by atoms with Gasteiger partial charge in [-0.2, -0.15) is 18.3 Å². The molecule has 194 valence electrons. The van der Waals surface area contributed by atoms with Crippen molar-refractivity contribution in [1.82, 2.24) is 24.6 Å². The van der Waals surface area contributed by atoms with Crippen molar-refractivity contribution in [2.24, 2.45) is 0 Å². The SMILES string of the molecule is O=C1N(CC(F)(F)F)c2cc([C@H]3C[C@@H]3c3cc(-c4c[nH]c(=O)[nH]c4=O)nn4ccnc34)ccc2C12CCC2. The summed E-state index contributed by atoms with van der Waals surface area (Å²) in [6.07, 6.45) is 2.75. The van der Waals surface area contributed by atoms with Crippen LogP contribution in [0, 0.1) is 0 Å². The number of amides is 1. The van der Waals surface area contributed by atoms with Gasteiger partial charge in [0.1, 0.15) is 6.54 Å². The number of hydrogen-bond donors (Lipinski definition) is 2. The number of anilines is 1. The van der Waals surface area contributed by atoms with E-state index >= 15 is 0 Å². The summed E-state index contributed by atoms with van der Waals surface area (Å²) in [7, 11) is 0. The molecule has 2 fully saturated rings. The first-order chi connectivity index (χ1) is 18.1. The van der Waals surface area contributed by atoms with Gasteiger partial charge < -0.3 is 9.88 Å². The van der Waals surface area contributed by atoms with E-state index in [0.29, 0.717) is 35.4 Å². The Hall–Kier alpha value is -4.22. The summed E-state index contributed by atoms with van der Waals surface area (Å²) in [5.74, 6) is -0.456. The van der Waals surface area contributed by atoms with Crippen molar-refractivity contribution in [3.63, 3.8) is 0 Å². The molecule has 7 rings (SSSR count). The van der Waals surface area contributed by atoms with Gasteiger partial charge in [-0.1, -0.05) is 18.6 Å². The highest BCUT2D eigenvalue weighted by Crippen LogP contribution is 2.59. The van der Waals surface area contributed by atoms with Gasteiger partial charge in [0.15, 0.2) is 5.65 Å². The van der Waals surface area contributed by atoms with Crippen LogP contribution in [-0.4, -0.2) is 43.2 Å². The van der Waals surface area contributed by atoms with Crippen molar-refractivity contribution in [2.45, 2.75) is 49.1 Å². The highest BCUT2D eigenvalue weighted by atomic mass is 19.4. The van der Waals surface area contributed by atoms with E-state index < -0.39 is 35.3 Å². The van der Waals surface area contributed by atoms with Crippen LogP contribution in [0.2, 0.25) is 0 Å². The zero-order chi connectivity index (χ0) is 26.4. The first-order valence-electron chi connectivity index (χ1n) is 12.3. The fourth-order valence-electron chi connectivity index (χ4n) is 6.09. The third-order valence-corrected chi connectivity index (χ3v) is 8.13. The van der Waals surface area contributed by atoms with E-state index in [9.17, 15) is 27.6 Å². The second-order valence-electron chi connectivity index (χ2n) is 10.3. The summed E-state index contributed by atoms with van der Waals surface area (Å²) in [5, 5.41) is 4.46. The Morgan fingerprint density at radius 2 is 1.92 bits per heavy atom. The Morgan fingerprint density at radius 3 is 2.63 bits per heavy atom. The Balaban J connectivity index is 1.27. The number of benzene rings is 1. The van der Waals surface area contributed by atoms with E-state index in [4.69, 9.17) is 0 Å². The number of hydrogen-bond acceptors (Lipinski definition) is 5. The fraction of sp³-hybridized carbons (Fsp3) is 0.346. The zero-order valence-electron chi connectivity index (χ0n) is 19.9. The maximum Gasteiger partial charge on any atom is 0.406 e. The van der Waals surface area contributed by atoms with Crippen LogP contribution < -0.4 is 16.1 Å². The zero-order valence-corrected chi connectivity index (χ0v) is 19.9. The smallest absolute Gasteiger partial charge is 0.313 e. The van der Waals surface area contributed by atoms with Crippen LogP contribution in [0.25, 0.3) is 16.9 Å². The van der Waals surface area contributed by atoms with E-state index in [1.54, 1.807) is 29.0 Å². The number of carbonyl (C=O) groups is 1. The van der Waals surface area contributed by atoms with Gasteiger partial charge >= 0.3 is 11.9 Å². The molecule has 2 N–H and O–H groups in total. The lowest BCUT2D eigenvalue weighted by atomic mass is 9.65. The van der Waals surface area contributed by atoms with Gasteiger partial charge in [0.2, 0.25) is 5.91 Å². The summed E-state index contributed by atoms with van der Waals surface area (Å²) in [4.78, 5) is 47.0. The molecule has 4 aromatic rings. The number of alkyl halides is 3. The van der Waals surface area contributed by atoms with Crippen molar-refractivity contribution < 1.29 is 18.0 Å². The monoisotopic (exact) mass is 522 g/mol. The molecule has 1 spiro atoms. The molecule has 3 aliphatic rings. The summed E-state index contributed by atoms with van der Waals surface area (Å²) in [5.41, 5.74) is 1.90. The minimum Gasteiger partial charge on any atom is -0.313 e. The second kappa shape index (κ2) is 7.65. The van der Waals surface area contributed by atoms with Crippen LogP contribution in [0.1, 0.15) is 54.2 Å². The van der Waals surface area contributed by atoms with Crippen LogP contribution in [0.4, 0.5) is 18.9 Å². The van der Waals surface area contributed by atoms with Gasteiger partial charge in [0.25, 0.3) is 5.56 Å². The first-order valence-corrected chi connectivity index (χ1v) is 12.3. The lowest BCUT2D eigenvalue weighted by molar-refractivity contribution is -0.136. The van der Waals surface area contributed by atoms with Crippen LogP contribution in [0.15, 0.2) is 52.4 Å². The second-order valence-corrected chi connectivity index (χ2v) is 10.3. The van der Waals surface area contributed by atoms with Gasteiger partial charge in [-0.05, 0) is 54.4 Å². The fourth-order valence-corrected chi connectivity index (χ4v) is 6.09. The molecular formula is C26H21F3N6O3. The molecule has 1 amide bonds. The standard InChI is InChI=1S/C26H21F3N6O3/c27-26(28,29)12-34-20-8-13(2-3-18(20)25(23(34)37)4-1-5-25)14-9-15(14)16-10-19(33-35-7-6-30-21(16)35)17-11-31-24(38)32-22(17)36/h2-3,6-8,10-11,14-15H,1,4-5,9,12H2,(H2,31,32,36,38)/t14-,15+/m1/s1. The Bertz CT molecular complexity index is 1750. The van der Waals surface area contributed by atoms with E-state index in [0.717, 1.165) is 28.9 Å². The van der Waals surface area contributed by atoms with Crippen LogP contribution in [-0.2, 0) is 10.2 Å². The van der Waals surface area contributed by atoms with Crippen LogP contribution in [0.3, 0.4) is 0 Å². The Morgan fingerprint density at radius 1 is 1.11 bits per heavy atom. The minimum absolute atomic E-state index is 0.00527. The molecule has 1 aromatic carbocycles. The van der Waals surface area contributed by atoms with Gasteiger partial charge in [-0.3, -0.25) is 14.6 Å². The number of aromatic amines is 2. The maximum absolute atomic E-state index is 13.4. The Kier molecular flexibility index (Phi) is 4.62. The van der Waals surface area contributed by atoms with Crippen molar-refractivity contribution >= 4 is 17.2 Å². The molecule has 2 saturated carbocycles. The predicted molar refractivity (Wildman–Crippen MR) is 130 cm³/mol. The number of H-pyrrole nitrogens is 2. The molecule has 0 radical (unpaired) electrons. The number of fused-ring (bicyclic) bond motifs is 3. The van der Waals surface area contributed by atoms with E-state index in [1.807, 2.05) is 12.1 Å². The van der Waals surface area contributed by atoms with Crippen molar-refractivity contribution in [3.05, 3.63) is 80.4 Å². The van der Waals surface area contributed by atoms with Gasteiger partial charge in [0, 0.05) is 29.8 Å². The van der Waals surface area contributed by atoms with Crippen molar-refractivity contribution in [1.29, 1.82) is 0 Å². The first kappa shape index (κ1) is 22.9. The molecule has 0 unspecified atom stereocenters. The van der Waals surface area contributed by atoms with Gasteiger partial charge in [0.05, 0.1) is 16.7 Å². The number of rotatable bonds is 4. The highest BCUT2D eigenvalue weighted by Gasteiger charge is 2.56. The molecule has 3 aromatic heterocycles. The summed E-state index contributed by atoms with van der Waals surface area (Å²) < 4.78 is 41.8. The summed E-state index contributed by atoms with van der Waals surface area (Å²) >= 11 is 0. The number of aromatic nitrogens is 5. The van der Waals surface area contributed by atoms with E-state index in [2.05, 4.69) is 20.1 Å². The average molecular weight is 522 g/mol. The predicted octanol–water partition coefficient (Wildman–Crippen LogP) is 3.37.